The van der Waals surface area contributed by atoms with Gasteiger partial charge in [-0.1, -0.05) is 27.7 Å². The van der Waals surface area contributed by atoms with Crippen molar-refractivity contribution < 1.29 is 4.79 Å². The number of nitrogens with zero attached hydrogens (tertiary/aromatic N) is 2. The molecule has 3 aromatic rings. The minimum atomic E-state index is -0.185. The molecule has 0 bridgehead atoms. The maximum absolute atomic E-state index is 11.9. The minimum absolute atomic E-state index is 0.0535. The summed E-state index contributed by atoms with van der Waals surface area (Å²) in [5, 5.41) is 10.3. The van der Waals surface area contributed by atoms with E-state index in [9.17, 15) is 4.79 Å². The average Bonchev–Trinajstić information content (AvgIpc) is 3.10. The standard InChI is InChI=1S/C18H21N5O/c1-9(2)11-6-15(23-22-11)17-20-13-5-10-12(7-14(13)21-17)19-16(24)8-18(10,3)4/h5-7,9H,8H2,1-4H3,(H,19,24)(H,20,21)(H,22,23). The molecule has 2 aromatic heterocycles. The van der Waals surface area contributed by atoms with E-state index >= 15 is 0 Å². The van der Waals surface area contributed by atoms with Crippen LogP contribution in [0.3, 0.4) is 0 Å². The lowest BCUT2D eigenvalue weighted by Gasteiger charge is -2.31. The molecule has 0 unspecified atom stereocenters. The Kier molecular flexibility index (Phi) is 3.07. The second kappa shape index (κ2) is 4.93. The summed E-state index contributed by atoms with van der Waals surface area (Å²) < 4.78 is 0. The van der Waals surface area contributed by atoms with Crippen molar-refractivity contribution in [3.05, 3.63) is 29.5 Å². The first kappa shape index (κ1) is 14.9. The molecule has 0 atom stereocenters. The van der Waals surface area contributed by atoms with Crippen LogP contribution < -0.4 is 5.32 Å². The number of carbonyl (C=O) groups is 1. The number of benzene rings is 1. The summed E-state index contributed by atoms with van der Waals surface area (Å²) in [5.41, 5.74) is 5.49. The van der Waals surface area contributed by atoms with E-state index in [4.69, 9.17) is 0 Å². The van der Waals surface area contributed by atoms with Crippen molar-refractivity contribution in [1.82, 2.24) is 20.2 Å². The number of nitrogens with one attached hydrogen (secondary N) is 3. The van der Waals surface area contributed by atoms with E-state index in [-0.39, 0.29) is 11.3 Å². The molecule has 0 aliphatic carbocycles. The Morgan fingerprint density at radius 3 is 2.71 bits per heavy atom. The van der Waals surface area contributed by atoms with Gasteiger partial charge in [-0.3, -0.25) is 9.89 Å². The molecular weight excluding hydrogens is 302 g/mol. The smallest absolute Gasteiger partial charge is 0.225 e. The summed E-state index contributed by atoms with van der Waals surface area (Å²) in [6.45, 7) is 8.41. The zero-order valence-electron chi connectivity index (χ0n) is 14.3. The first-order valence-corrected chi connectivity index (χ1v) is 8.23. The van der Waals surface area contributed by atoms with Gasteiger partial charge >= 0.3 is 0 Å². The number of fused-ring (bicyclic) bond motifs is 2. The van der Waals surface area contributed by atoms with Crippen molar-refractivity contribution >= 4 is 22.6 Å². The van der Waals surface area contributed by atoms with E-state index in [1.165, 1.54) is 0 Å². The summed E-state index contributed by atoms with van der Waals surface area (Å²) >= 11 is 0. The lowest BCUT2D eigenvalue weighted by molar-refractivity contribution is -0.117. The van der Waals surface area contributed by atoms with Crippen molar-refractivity contribution in [1.29, 1.82) is 0 Å². The maximum atomic E-state index is 11.9. The highest BCUT2D eigenvalue weighted by Gasteiger charge is 2.32. The number of hydrogen-bond acceptors (Lipinski definition) is 3. The lowest BCUT2D eigenvalue weighted by Crippen LogP contribution is -2.32. The van der Waals surface area contributed by atoms with Crippen molar-refractivity contribution in [2.45, 2.75) is 45.4 Å². The largest absolute Gasteiger partial charge is 0.337 e. The minimum Gasteiger partial charge on any atom is -0.337 e. The van der Waals surface area contributed by atoms with E-state index < -0.39 is 0 Å². The number of H-pyrrole nitrogens is 2. The summed E-state index contributed by atoms with van der Waals surface area (Å²) in [4.78, 5) is 19.9. The van der Waals surface area contributed by atoms with Crippen molar-refractivity contribution in [3.63, 3.8) is 0 Å². The number of aromatic amines is 2. The fourth-order valence-electron chi connectivity index (χ4n) is 3.29. The molecule has 0 radical (unpaired) electrons. The normalized spacial score (nSPS) is 16.5. The molecule has 1 aromatic carbocycles. The third-order valence-electron chi connectivity index (χ3n) is 4.67. The fraction of sp³-hybridized carbons (Fsp3) is 0.389. The van der Waals surface area contributed by atoms with Crippen LogP contribution in [0.1, 0.15) is 51.3 Å². The van der Waals surface area contributed by atoms with Gasteiger partial charge in [-0.15, -0.1) is 0 Å². The molecule has 1 aliphatic rings. The number of anilines is 1. The topological polar surface area (TPSA) is 86.5 Å². The van der Waals surface area contributed by atoms with Crippen molar-refractivity contribution in [2.24, 2.45) is 0 Å². The van der Waals surface area contributed by atoms with Gasteiger partial charge in [-0.05, 0) is 29.7 Å². The quantitative estimate of drug-likeness (QED) is 0.672. The Labute approximate surface area is 140 Å². The van der Waals surface area contributed by atoms with E-state index in [1.807, 2.05) is 12.1 Å². The highest BCUT2D eigenvalue weighted by molar-refractivity contribution is 5.98. The predicted molar refractivity (Wildman–Crippen MR) is 94.0 cm³/mol. The third kappa shape index (κ3) is 2.29. The molecule has 3 N–H and O–H groups in total. The highest BCUT2D eigenvalue weighted by Crippen LogP contribution is 2.39. The van der Waals surface area contributed by atoms with Crippen LogP contribution in [0.5, 0.6) is 0 Å². The van der Waals surface area contributed by atoms with Gasteiger partial charge in [0.25, 0.3) is 0 Å². The lowest BCUT2D eigenvalue weighted by atomic mass is 9.78. The molecular formula is C18H21N5O. The van der Waals surface area contributed by atoms with Gasteiger partial charge in [0.15, 0.2) is 5.82 Å². The van der Waals surface area contributed by atoms with Gasteiger partial charge in [0.2, 0.25) is 5.91 Å². The molecule has 0 saturated heterocycles. The molecule has 6 heteroatoms. The zero-order valence-corrected chi connectivity index (χ0v) is 14.3. The van der Waals surface area contributed by atoms with Gasteiger partial charge in [-0.2, -0.15) is 5.10 Å². The van der Waals surface area contributed by atoms with Crippen LogP contribution in [0, 0.1) is 0 Å². The second-order valence-corrected chi connectivity index (χ2v) is 7.47. The highest BCUT2D eigenvalue weighted by atomic mass is 16.1. The molecule has 1 aliphatic heterocycles. The van der Waals surface area contributed by atoms with Gasteiger partial charge < -0.3 is 10.3 Å². The molecule has 4 rings (SSSR count). The summed E-state index contributed by atoms with van der Waals surface area (Å²) in [6, 6.07) is 6.07. The second-order valence-electron chi connectivity index (χ2n) is 7.47. The zero-order chi connectivity index (χ0) is 17.1. The molecule has 1 amide bonds. The molecule has 6 nitrogen and oxygen atoms in total. The Bertz CT molecular complexity index is 948. The van der Waals surface area contributed by atoms with Gasteiger partial charge in [0.1, 0.15) is 5.69 Å². The van der Waals surface area contributed by atoms with Crippen LogP contribution in [-0.2, 0) is 10.2 Å². The molecule has 3 heterocycles. The van der Waals surface area contributed by atoms with E-state index in [0.717, 1.165) is 39.5 Å². The van der Waals surface area contributed by atoms with Gasteiger partial charge in [0.05, 0.1) is 16.7 Å². The number of amides is 1. The average molecular weight is 323 g/mol. The van der Waals surface area contributed by atoms with E-state index in [2.05, 4.69) is 59.2 Å². The first-order valence-electron chi connectivity index (χ1n) is 8.23. The Morgan fingerprint density at radius 1 is 1.21 bits per heavy atom. The van der Waals surface area contributed by atoms with Crippen LogP contribution in [-0.4, -0.2) is 26.1 Å². The predicted octanol–water partition coefficient (Wildman–Crippen LogP) is 3.70. The number of hydrogen-bond donors (Lipinski definition) is 3. The molecule has 0 spiro atoms. The van der Waals surface area contributed by atoms with Crippen LogP contribution in [0.15, 0.2) is 18.2 Å². The summed E-state index contributed by atoms with van der Waals surface area (Å²) in [6.07, 6.45) is 0.491. The van der Waals surface area contributed by atoms with Crippen LogP contribution in [0.2, 0.25) is 0 Å². The Hall–Kier alpha value is -2.63. The van der Waals surface area contributed by atoms with E-state index in [0.29, 0.717) is 12.3 Å². The molecule has 0 fully saturated rings. The SMILES string of the molecule is CC(C)c1cc(-c2nc3cc4c(cc3[nH]2)C(C)(C)CC(=O)N4)[nH]n1. The van der Waals surface area contributed by atoms with Crippen molar-refractivity contribution in [3.8, 4) is 11.5 Å². The first-order chi connectivity index (χ1) is 11.3. The van der Waals surface area contributed by atoms with E-state index in [1.54, 1.807) is 0 Å². The fourth-order valence-corrected chi connectivity index (χ4v) is 3.29. The monoisotopic (exact) mass is 323 g/mol. The summed E-state index contributed by atoms with van der Waals surface area (Å²) in [5.74, 6) is 1.18. The van der Waals surface area contributed by atoms with Crippen LogP contribution in [0.4, 0.5) is 5.69 Å². The maximum Gasteiger partial charge on any atom is 0.225 e. The number of rotatable bonds is 2. The van der Waals surface area contributed by atoms with Gasteiger partial charge in [0, 0.05) is 17.5 Å². The summed E-state index contributed by atoms with van der Waals surface area (Å²) in [7, 11) is 0. The van der Waals surface area contributed by atoms with Crippen LogP contribution in [0.25, 0.3) is 22.6 Å². The Morgan fingerprint density at radius 2 is 2.00 bits per heavy atom. The van der Waals surface area contributed by atoms with Crippen LogP contribution >= 0.6 is 0 Å². The number of imidazole rings is 1. The third-order valence-corrected chi connectivity index (χ3v) is 4.67. The molecule has 124 valence electrons. The molecule has 24 heavy (non-hydrogen) atoms. The van der Waals surface area contributed by atoms with Gasteiger partial charge in [-0.25, -0.2) is 4.98 Å². The number of aromatic nitrogens is 4. The molecule has 0 saturated carbocycles. The Balaban J connectivity index is 1.83. The van der Waals surface area contributed by atoms with Crippen molar-refractivity contribution in [2.75, 3.05) is 5.32 Å². The number of carbonyl (C=O) groups excluding carboxylic acids is 1.